The Kier molecular flexibility index (Phi) is 8.71. The van der Waals surface area contributed by atoms with Gasteiger partial charge in [0, 0.05) is 50.5 Å². The Hall–Kier alpha value is -3.70. The summed E-state index contributed by atoms with van der Waals surface area (Å²) in [4.78, 5) is 22.2. The zero-order valence-electron chi connectivity index (χ0n) is 21.4. The van der Waals surface area contributed by atoms with Gasteiger partial charge >= 0.3 is 5.51 Å². The number of anilines is 2. The number of piperidine rings is 1. The molecule has 1 amide bonds. The molecule has 0 aromatic carbocycles. The van der Waals surface area contributed by atoms with Gasteiger partial charge in [0.1, 0.15) is 11.2 Å². The van der Waals surface area contributed by atoms with E-state index in [-0.39, 0.29) is 53.0 Å². The van der Waals surface area contributed by atoms with E-state index in [0.29, 0.717) is 29.7 Å². The second-order valence-corrected chi connectivity index (χ2v) is 9.83. The van der Waals surface area contributed by atoms with Crippen LogP contribution < -0.4 is 20.7 Å². The van der Waals surface area contributed by atoms with Gasteiger partial charge in [0.15, 0.2) is 5.82 Å². The van der Waals surface area contributed by atoms with E-state index in [4.69, 9.17) is 4.74 Å². The van der Waals surface area contributed by atoms with Gasteiger partial charge in [0.25, 0.3) is 5.91 Å². The largest absolute Gasteiger partial charge is 0.480 e. The Bertz CT molecular complexity index is 1400. The van der Waals surface area contributed by atoms with Crippen LogP contribution in [-0.2, 0) is 0 Å². The van der Waals surface area contributed by atoms with E-state index in [1.807, 2.05) is 11.9 Å². The first-order valence-electron chi connectivity index (χ1n) is 11.9. The number of ether oxygens (including phenoxy) is 1. The molecule has 4 rings (SSSR count). The van der Waals surface area contributed by atoms with Crippen LogP contribution in [-0.4, -0.2) is 83.7 Å². The van der Waals surface area contributed by atoms with Crippen molar-refractivity contribution in [3.8, 4) is 17.7 Å². The molecule has 0 radical (unpaired) electrons. The van der Waals surface area contributed by atoms with Crippen LogP contribution in [0.1, 0.15) is 22.3 Å². The van der Waals surface area contributed by atoms with Crippen molar-refractivity contribution in [1.29, 1.82) is 0 Å². The number of pyridine rings is 1. The number of hydrogen-bond acceptors (Lipinski definition) is 8. The standard InChI is InChI=1S/C25H27F4N7O2S/c1-30-22(37)16-11-19(23(38-3)33-13-16)31-7-4-5-15-12-20-21(34-18-6-9-35(2)14-17(18)26)32-8-10-36(20)24(15)39-25(27,28)29/h8,10-13,17-18,31H,6-7,9,14H2,1-3H3,(H,30,37)(H,32,34)/t17-,18+/m0/s1. The highest BCUT2D eigenvalue weighted by atomic mass is 32.2. The molecule has 3 aromatic rings. The first-order valence-corrected chi connectivity index (χ1v) is 12.7. The summed E-state index contributed by atoms with van der Waals surface area (Å²) in [5, 5.41) is 8.44. The van der Waals surface area contributed by atoms with Gasteiger partial charge in [-0.25, -0.2) is 14.4 Å². The molecule has 0 bridgehead atoms. The molecule has 0 unspecified atom stereocenters. The van der Waals surface area contributed by atoms with E-state index in [1.165, 1.54) is 49.3 Å². The van der Waals surface area contributed by atoms with Gasteiger partial charge in [-0.2, -0.15) is 13.2 Å². The van der Waals surface area contributed by atoms with Crippen LogP contribution in [0.4, 0.5) is 29.1 Å². The van der Waals surface area contributed by atoms with Gasteiger partial charge in [0.05, 0.1) is 42.0 Å². The third-order valence-electron chi connectivity index (χ3n) is 6.05. The molecule has 1 fully saturated rings. The summed E-state index contributed by atoms with van der Waals surface area (Å²) in [6, 6.07) is 2.53. The number of alkyl halides is 4. The highest BCUT2D eigenvalue weighted by molar-refractivity contribution is 8.00. The van der Waals surface area contributed by atoms with Crippen molar-refractivity contribution in [2.75, 3.05) is 51.5 Å². The zero-order valence-corrected chi connectivity index (χ0v) is 22.2. The van der Waals surface area contributed by atoms with Crippen LogP contribution in [0.3, 0.4) is 0 Å². The topological polar surface area (TPSA) is 95.8 Å². The zero-order chi connectivity index (χ0) is 28.2. The van der Waals surface area contributed by atoms with E-state index >= 15 is 0 Å². The molecular formula is C25H27F4N7O2S. The first-order chi connectivity index (χ1) is 18.6. The Labute approximate surface area is 226 Å². The summed E-state index contributed by atoms with van der Waals surface area (Å²) >= 11 is -0.283. The van der Waals surface area contributed by atoms with E-state index in [2.05, 4.69) is 37.8 Å². The summed E-state index contributed by atoms with van der Waals surface area (Å²) < 4.78 is 61.6. The number of nitrogens with one attached hydrogen (secondary N) is 3. The summed E-state index contributed by atoms with van der Waals surface area (Å²) in [5.74, 6) is 5.79. The average Bonchev–Trinajstić information content (AvgIpc) is 3.24. The smallest absolute Gasteiger partial charge is 0.447 e. The SMILES string of the molecule is CNC(=O)c1cnc(OC)c(NCC#Cc2cc3c(N[C@@H]4CCN(C)C[C@@H]4F)nccn3c2SC(F)(F)F)c1. The Morgan fingerprint density at radius 2 is 2.10 bits per heavy atom. The van der Waals surface area contributed by atoms with E-state index < -0.39 is 17.7 Å². The predicted molar refractivity (Wildman–Crippen MR) is 141 cm³/mol. The lowest BCUT2D eigenvalue weighted by Gasteiger charge is -2.33. The molecule has 1 saturated heterocycles. The van der Waals surface area contributed by atoms with Crippen LogP contribution in [0.5, 0.6) is 5.88 Å². The number of thioether (sulfide) groups is 1. The number of methoxy groups -OCH3 is 1. The number of carbonyl (C=O) groups excluding carboxylic acids is 1. The molecule has 3 aromatic heterocycles. The van der Waals surface area contributed by atoms with Crippen molar-refractivity contribution < 1.29 is 27.1 Å². The minimum absolute atomic E-state index is 0.0278. The van der Waals surface area contributed by atoms with E-state index in [0.717, 1.165) is 0 Å². The van der Waals surface area contributed by atoms with Gasteiger partial charge in [0.2, 0.25) is 5.88 Å². The second-order valence-electron chi connectivity index (χ2n) is 8.78. The molecule has 39 heavy (non-hydrogen) atoms. The van der Waals surface area contributed by atoms with Crippen molar-refractivity contribution in [3.63, 3.8) is 0 Å². The third kappa shape index (κ3) is 6.85. The number of likely N-dealkylation sites (tertiary alicyclic amines) is 1. The van der Waals surface area contributed by atoms with Gasteiger partial charge in [-0.15, -0.1) is 0 Å². The molecule has 1 aliphatic heterocycles. The third-order valence-corrected chi connectivity index (χ3v) is 6.90. The molecule has 4 heterocycles. The van der Waals surface area contributed by atoms with Gasteiger partial charge in [-0.05, 0) is 25.6 Å². The summed E-state index contributed by atoms with van der Waals surface area (Å²) in [6.07, 6.45) is 3.53. The molecule has 2 atom stereocenters. The number of hydrogen-bond donors (Lipinski definition) is 3. The lowest BCUT2D eigenvalue weighted by molar-refractivity contribution is -0.0329. The average molecular weight is 566 g/mol. The number of carbonyl (C=O) groups is 1. The van der Waals surface area contributed by atoms with Crippen molar-refractivity contribution in [2.45, 2.75) is 29.2 Å². The van der Waals surface area contributed by atoms with Gasteiger partial charge < -0.3 is 30.0 Å². The number of halogens is 4. The highest BCUT2D eigenvalue weighted by Gasteiger charge is 2.33. The Morgan fingerprint density at radius 3 is 2.79 bits per heavy atom. The fourth-order valence-electron chi connectivity index (χ4n) is 4.18. The molecule has 3 N–H and O–H groups in total. The number of rotatable bonds is 7. The normalized spacial score (nSPS) is 17.8. The van der Waals surface area contributed by atoms with Crippen LogP contribution in [0, 0.1) is 11.8 Å². The second kappa shape index (κ2) is 12.0. The number of nitrogens with zero attached hydrogens (tertiary/aromatic N) is 4. The number of fused-ring (bicyclic) bond motifs is 1. The minimum Gasteiger partial charge on any atom is -0.480 e. The molecule has 0 spiro atoms. The van der Waals surface area contributed by atoms with Crippen molar-refractivity contribution in [2.24, 2.45) is 0 Å². The van der Waals surface area contributed by atoms with Crippen LogP contribution in [0.15, 0.2) is 35.7 Å². The highest BCUT2D eigenvalue weighted by Crippen LogP contribution is 2.40. The molecule has 0 aliphatic carbocycles. The maximum absolute atomic E-state index is 14.6. The number of aromatic nitrogens is 3. The molecule has 0 saturated carbocycles. The predicted octanol–water partition coefficient (Wildman–Crippen LogP) is 3.63. The summed E-state index contributed by atoms with van der Waals surface area (Å²) in [6.45, 7) is 0.973. The summed E-state index contributed by atoms with van der Waals surface area (Å²) in [5.41, 5.74) is -3.37. The van der Waals surface area contributed by atoms with Gasteiger partial charge in [-0.3, -0.25) is 4.79 Å². The van der Waals surface area contributed by atoms with E-state index in [9.17, 15) is 22.4 Å². The number of amides is 1. The van der Waals surface area contributed by atoms with Crippen LogP contribution in [0.25, 0.3) is 5.52 Å². The molecule has 14 heteroatoms. The maximum Gasteiger partial charge on any atom is 0.447 e. The van der Waals surface area contributed by atoms with Crippen molar-refractivity contribution in [3.05, 3.63) is 41.9 Å². The maximum atomic E-state index is 14.6. The van der Waals surface area contributed by atoms with Gasteiger partial charge in [-0.1, -0.05) is 11.8 Å². The summed E-state index contributed by atoms with van der Waals surface area (Å²) in [7, 11) is 4.74. The van der Waals surface area contributed by atoms with Crippen molar-refractivity contribution in [1.82, 2.24) is 24.6 Å². The molecule has 1 aliphatic rings. The molecule has 208 valence electrons. The monoisotopic (exact) mass is 565 g/mol. The first kappa shape index (κ1) is 28.3. The van der Waals surface area contributed by atoms with Crippen LogP contribution in [0.2, 0.25) is 0 Å². The minimum atomic E-state index is -4.56. The van der Waals surface area contributed by atoms with Crippen molar-refractivity contribution >= 4 is 34.7 Å². The van der Waals surface area contributed by atoms with Crippen LogP contribution >= 0.6 is 11.8 Å². The quantitative estimate of drug-likeness (QED) is 0.227. The Balaban J connectivity index is 1.61. The molecule has 9 nitrogen and oxygen atoms in total. The molecular weight excluding hydrogens is 538 g/mol. The lowest BCUT2D eigenvalue weighted by atomic mass is 10.0. The fourth-order valence-corrected chi connectivity index (χ4v) is 4.87. The Morgan fingerprint density at radius 1 is 1.31 bits per heavy atom. The lowest BCUT2D eigenvalue weighted by Crippen LogP contribution is -2.46. The van der Waals surface area contributed by atoms with E-state index in [1.54, 1.807) is 0 Å². The fraction of sp³-hybridized carbons (Fsp3) is 0.400.